The van der Waals surface area contributed by atoms with Crippen LogP contribution in [0.3, 0.4) is 0 Å². The van der Waals surface area contributed by atoms with E-state index in [-0.39, 0.29) is 24.3 Å². The summed E-state index contributed by atoms with van der Waals surface area (Å²) in [4.78, 5) is 31.8. The molecule has 158 valence electrons. The van der Waals surface area contributed by atoms with E-state index in [2.05, 4.69) is 10.3 Å². The van der Waals surface area contributed by atoms with Crippen LogP contribution in [0.15, 0.2) is 64.5 Å². The number of amidine groups is 1. The Morgan fingerprint density at radius 1 is 1.17 bits per heavy atom. The zero-order chi connectivity index (χ0) is 21.7. The standard InChI is InChI=1S/C21H21F2N3O2S2/c1-13(2)26-19(28)17(12-18(27)24-14-6-4-3-5-7-14)30-21(26)25-15-8-10-16(11-9-15)29-20(22)23/h3-11,13,17,20H,12H2,1-2H3,(H,24,27)/t17-/m1/s1. The number of nitrogens with zero attached hydrogens (tertiary/aromatic N) is 2. The first-order valence-corrected chi connectivity index (χ1v) is 11.1. The molecule has 2 aromatic rings. The SMILES string of the molecule is CC(C)N1C(=O)[C@@H](CC(=O)Nc2ccccc2)SC1=Nc1ccc(SC(F)F)cc1. The van der Waals surface area contributed by atoms with E-state index in [0.717, 1.165) is 0 Å². The van der Waals surface area contributed by atoms with Crippen molar-refractivity contribution in [2.75, 3.05) is 5.32 Å². The maximum atomic E-state index is 12.9. The number of anilines is 1. The Hall–Kier alpha value is -2.39. The highest BCUT2D eigenvalue weighted by Gasteiger charge is 2.40. The molecule has 1 fully saturated rings. The smallest absolute Gasteiger partial charge is 0.288 e. The number of halogens is 2. The summed E-state index contributed by atoms with van der Waals surface area (Å²) in [5.41, 5.74) is 1.23. The van der Waals surface area contributed by atoms with Gasteiger partial charge in [-0.25, -0.2) is 4.99 Å². The first-order chi connectivity index (χ1) is 14.3. The van der Waals surface area contributed by atoms with Crippen molar-refractivity contribution < 1.29 is 18.4 Å². The maximum absolute atomic E-state index is 12.9. The van der Waals surface area contributed by atoms with Crippen molar-refractivity contribution >= 4 is 51.9 Å². The van der Waals surface area contributed by atoms with Crippen LogP contribution in [-0.4, -0.2) is 38.9 Å². The van der Waals surface area contributed by atoms with E-state index in [4.69, 9.17) is 0 Å². The van der Waals surface area contributed by atoms with Gasteiger partial charge in [-0.05, 0) is 50.2 Å². The Morgan fingerprint density at radius 2 is 1.83 bits per heavy atom. The lowest BCUT2D eigenvalue weighted by molar-refractivity contribution is -0.129. The van der Waals surface area contributed by atoms with Gasteiger partial charge >= 0.3 is 0 Å². The quantitative estimate of drug-likeness (QED) is 0.578. The van der Waals surface area contributed by atoms with Crippen LogP contribution in [0.25, 0.3) is 0 Å². The minimum Gasteiger partial charge on any atom is -0.326 e. The molecule has 0 aliphatic carbocycles. The monoisotopic (exact) mass is 449 g/mol. The minimum absolute atomic E-state index is 0.0323. The summed E-state index contributed by atoms with van der Waals surface area (Å²) < 4.78 is 24.9. The van der Waals surface area contributed by atoms with Crippen molar-refractivity contribution in [3.8, 4) is 0 Å². The van der Waals surface area contributed by atoms with Crippen molar-refractivity contribution in [2.24, 2.45) is 4.99 Å². The van der Waals surface area contributed by atoms with Crippen LogP contribution < -0.4 is 5.32 Å². The molecule has 1 N–H and O–H groups in total. The number of para-hydroxylation sites is 1. The normalized spacial score (nSPS) is 17.9. The van der Waals surface area contributed by atoms with Crippen LogP contribution in [0, 0.1) is 0 Å². The van der Waals surface area contributed by atoms with Gasteiger partial charge in [-0.1, -0.05) is 41.7 Å². The number of hydrogen-bond donors (Lipinski definition) is 1. The molecule has 1 heterocycles. The van der Waals surface area contributed by atoms with E-state index in [0.29, 0.717) is 33.2 Å². The second-order valence-corrected chi connectivity index (χ2v) is 9.03. The molecule has 1 atom stereocenters. The maximum Gasteiger partial charge on any atom is 0.288 e. The molecule has 30 heavy (non-hydrogen) atoms. The van der Waals surface area contributed by atoms with E-state index in [1.807, 2.05) is 32.0 Å². The Bertz CT molecular complexity index is 922. The lowest BCUT2D eigenvalue weighted by atomic mass is 10.2. The number of thioether (sulfide) groups is 2. The molecule has 0 aromatic heterocycles. The molecule has 1 aliphatic rings. The number of alkyl halides is 2. The van der Waals surface area contributed by atoms with Gasteiger partial charge in [-0.3, -0.25) is 14.5 Å². The molecule has 1 aliphatic heterocycles. The van der Waals surface area contributed by atoms with Crippen LogP contribution in [0.4, 0.5) is 20.2 Å². The number of hydrogen-bond acceptors (Lipinski definition) is 5. The predicted molar refractivity (Wildman–Crippen MR) is 118 cm³/mol. The van der Waals surface area contributed by atoms with E-state index in [1.165, 1.54) is 11.8 Å². The molecule has 0 saturated carbocycles. The third kappa shape index (κ3) is 5.82. The highest BCUT2D eigenvalue weighted by Crippen LogP contribution is 2.34. The topological polar surface area (TPSA) is 61.8 Å². The lowest BCUT2D eigenvalue weighted by Gasteiger charge is -2.20. The Kier molecular flexibility index (Phi) is 7.49. The number of nitrogens with one attached hydrogen (secondary N) is 1. The van der Waals surface area contributed by atoms with Gasteiger partial charge in [0.1, 0.15) is 5.25 Å². The van der Waals surface area contributed by atoms with E-state index < -0.39 is 11.0 Å². The predicted octanol–water partition coefficient (Wildman–Crippen LogP) is 5.37. The number of benzene rings is 2. The third-order valence-corrected chi connectivity index (χ3v) is 6.07. The summed E-state index contributed by atoms with van der Waals surface area (Å²) in [5, 5.41) is 2.73. The van der Waals surface area contributed by atoms with Crippen LogP contribution in [0.5, 0.6) is 0 Å². The Morgan fingerprint density at radius 3 is 2.43 bits per heavy atom. The zero-order valence-corrected chi connectivity index (χ0v) is 18.1. The Labute approximate surface area is 182 Å². The summed E-state index contributed by atoms with van der Waals surface area (Å²) >= 11 is 1.71. The fraction of sp³-hybridized carbons (Fsp3) is 0.286. The van der Waals surface area contributed by atoms with Gasteiger partial charge in [0.05, 0.1) is 5.69 Å². The second kappa shape index (κ2) is 10.1. The number of carbonyl (C=O) groups is 2. The highest BCUT2D eigenvalue weighted by molar-refractivity contribution is 8.15. The van der Waals surface area contributed by atoms with Crippen LogP contribution in [-0.2, 0) is 9.59 Å². The van der Waals surface area contributed by atoms with Gasteiger partial charge in [-0.15, -0.1) is 0 Å². The van der Waals surface area contributed by atoms with Crippen LogP contribution in [0.2, 0.25) is 0 Å². The van der Waals surface area contributed by atoms with Crippen LogP contribution in [0.1, 0.15) is 20.3 Å². The average Bonchev–Trinajstić information content (AvgIpc) is 2.98. The van der Waals surface area contributed by atoms with E-state index in [1.54, 1.807) is 41.3 Å². The highest BCUT2D eigenvalue weighted by atomic mass is 32.2. The van der Waals surface area contributed by atoms with Gasteiger partial charge in [0.25, 0.3) is 5.76 Å². The average molecular weight is 450 g/mol. The molecule has 0 radical (unpaired) electrons. The fourth-order valence-corrected chi connectivity index (χ4v) is 4.66. The number of amides is 2. The Balaban J connectivity index is 1.72. The second-order valence-electron chi connectivity index (χ2n) is 6.79. The van der Waals surface area contributed by atoms with Gasteiger partial charge in [-0.2, -0.15) is 8.78 Å². The van der Waals surface area contributed by atoms with Crippen molar-refractivity contribution in [1.82, 2.24) is 4.90 Å². The first-order valence-electron chi connectivity index (χ1n) is 9.31. The van der Waals surface area contributed by atoms with Gasteiger partial charge in [0, 0.05) is 23.0 Å². The fourth-order valence-electron chi connectivity index (χ4n) is 2.88. The van der Waals surface area contributed by atoms with Gasteiger partial charge in [0.15, 0.2) is 5.17 Å². The van der Waals surface area contributed by atoms with Gasteiger partial charge in [0.2, 0.25) is 11.8 Å². The van der Waals surface area contributed by atoms with Gasteiger partial charge < -0.3 is 5.32 Å². The molecule has 0 bridgehead atoms. The van der Waals surface area contributed by atoms with E-state index >= 15 is 0 Å². The first kappa shape index (κ1) is 22.3. The summed E-state index contributed by atoms with van der Waals surface area (Å²) in [6.07, 6.45) is 0.0323. The van der Waals surface area contributed by atoms with Crippen molar-refractivity contribution in [3.05, 3.63) is 54.6 Å². The molecule has 0 unspecified atom stereocenters. The molecule has 9 heteroatoms. The number of carbonyl (C=O) groups excluding carboxylic acids is 2. The number of aliphatic imine (C=N–C) groups is 1. The third-order valence-electron chi connectivity index (χ3n) is 4.20. The van der Waals surface area contributed by atoms with Crippen molar-refractivity contribution in [3.63, 3.8) is 0 Å². The van der Waals surface area contributed by atoms with Crippen molar-refractivity contribution in [1.29, 1.82) is 0 Å². The molecule has 2 aromatic carbocycles. The van der Waals surface area contributed by atoms with E-state index in [9.17, 15) is 18.4 Å². The zero-order valence-electron chi connectivity index (χ0n) is 16.4. The summed E-state index contributed by atoms with van der Waals surface area (Å²) in [6, 6.07) is 15.4. The largest absolute Gasteiger partial charge is 0.326 e. The van der Waals surface area contributed by atoms with Crippen LogP contribution >= 0.6 is 23.5 Å². The van der Waals surface area contributed by atoms with Crippen molar-refractivity contribution in [2.45, 2.75) is 42.2 Å². The molecule has 1 saturated heterocycles. The molecule has 5 nitrogen and oxygen atoms in total. The molecule has 0 spiro atoms. The summed E-state index contributed by atoms with van der Waals surface area (Å²) in [6.45, 7) is 3.76. The number of rotatable bonds is 7. The lowest BCUT2D eigenvalue weighted by Crippen LogP contribution is -2.38. The molecular formula is C21H21F2N3O2S2. The summed E-state index contributed by atoms with van der Waals surface area (Å²) in [7, 11) is 0. The molecular weight excluding hydrogens is 428 g/mol. The molecule has 3 rings (SSSR count). The summed E-state index contributed by atoms with van der Waals surface area (Å²) in [5.74, 6) is -2.89. The minimum atomic E-state index is -2.48. The molecule has 2 amide bonds.